The summed E-state index contributed by atoms with van der Waals surface area (Å²) in [5.74, 6) is 0.804. The Morgan fingerprint density at radius 3 is 2.78 bits per heavy atom. The Balaban J connectivity index is 1.42. The van der Waals surface area contributed by atoms with E-state index in [2.05, 4.69) is 10.1 Å². The van der Waals surface area contributed by atoms with Crippen molar-refractivity contribution >= 4 is 11.6 Å². The number of aryl methyl sites for hydroxylation is 1. The molecule has 32 heavy (non-hydrogen) atoms. The van der Waals surface area contributed by atoms with Crippen LogP contribution in [0.2, 0.25) is 0 Å². The van der Waals surface area contributed by atoms with Gasteiger partial charge in [-0.1, -0.05) is 6.92 Å². The van der Waals surface area contributed by atoms with E-state index in [-0.39, 0.29) is 24.3 Å². The molecule has 7 nitrogen and oxygen atoms in total. The average Bonchev–Trinajstić information content (AvgIpc) is 3.43. The van der Waals surface area contributed by atoms with Gasteiger partial charge in [0.2, 0.25) is 6.79 Å². The second kappa shape index (κ2) is 7.68. The molecule has 1 saturated heterocycles. The van der Waals surface area contributed by atoms with Crippen LogP contribution >= 0.6 is 0 Å². The number of carbonyl (C=O) groups is 1. The first-order valence-electron chi connectivity index (χ1n) is 10.5. The van der Waals surface area contributed by atoms with Gasteiger partial charge in [0.15, 0.2) is 17.1 Å². The number of rotatable bonds is 3. The lowest BCUT2D eigenvalue weighted by molar-refractivity contribution is -0.142. The predicted molar refractivity (Wildman–Crippen MR) is 108 cm³/mol. The molecule has 10 heteroatoms. The lowest BCUT2D eigenvalue weighted by Gasteiger charge is -2.32. The van der Waals surface area contributed by atoms with Crippen LogP contribution in [0.1, 0.15) is 53.1 Å². The highest BCUT2D eigenvalue weighted by atomic mass is 19.4. The number of aromatic nitrogens is 3. The topological polar surface area (TPSA) is 69.0 Å². The van der Waals surface area contributed by atoms with Crippen molar-refractivity contribution < 1.29 is 27.4 Å². The van der Waals surface area contributed by atoms with Crippen LogP contribution in [0.4, 0.5) is 13.2 Å². The third-order valence-corrected chi connectivity index (χ3v) is 5.90. The highest BCUT2D eigenvalue weighted by Crippen LogP contribution is 2.35. The van der Waals surface area contributed by atoms with Crippen LogP contribution in [0.5, 0.6) is 11.5 Å². The fraction of sp³-hybridized carbons (Fsp3) is 0.409. The van der Waals surface area contributed by atoms with E-state index >= 15 is 0 Å². The maximum Gasteiger partial charge on any atom is 0.433 e. The monoisotopic (exact) mass is 446 g/mol. The summed E-state index contributed by atoms with van der Waals surface area (Å²) in [6.07, 6.45) is -2.69. The fourth-order valence-corrected chi connectivity index (χ4v) is 4.24. The number of hydrogen-bond acceptors (Lipinski definition) is 5. The maximum atomic E-state index is 13.6. The summed E-state index contributed by atoms with van der Waals surface area (Å²) in [6, 6.07) is 7.70. The lowest BCUT2D eigenvalue weighted by Crippen LogP contribution is -2.39. The van der Waals surface area contributed by atoms with Gasteiger partial charge >= 0.3 is 6.18 Å². The molecule has 0 N–H and O–H groups in total. The van der Waals surface area contributed by atoms with Crippen LogP contribution in [0.15, 0.2) is 30.3 Å². The lowest BCUT2D eigenvalue weighted by atomic mass is 9.94. The molecular weight excluding hydrogens is 425 g/mol. The standard InChI is InChI=1S/C22H21F3N4O3/c1-2-15-9-19(22(23,24)25)29-20(26-15)10-16(27-29)14-4-3-7-28(11-14)21(30)13-5-6-17-18(8-13)32-12-31-17/h5-6,8-10,14H,2-4,7,11-12H2,1H3/t14-/m0/s1. The van der Waals surface area contributed by atoms with Crippen molar-refractivity contribution in [2.75, 3.05) is 19.9 Å². The van der Waals surface area contributed by atoms with Gasteiger partial charge < -0.3 is 14.4 Å². The zero-order valence-corrected chi connectivity index (χ0v) is 17.4. The van der Waals surface area contributed by atoms with E-state index in [1.54, 1.807) is 36.1 Å². The van der Waals surface area contributed by atoms with Gasteiger partial charge in [-0.15, -0.1) is 0 Å². The molecule has 0 bridgehead atoms. The third-order valence-electron chi connectivity index (χ3n) is 5.90. The molecule has 2 aliphatic rings. The van der Waals surface area contributed by atoms with Crippen LogP contribution in [-0.2, 0) is 12.6 Å². The normalized spacial score (nSPS) is 18.4. The molecule has 5 rings (SSSR count). The van der Waals surface area contributed by atoms with E-state index in [0.29, 0.717) is 48.0 Å². The second-order valence-corrected chi connectivity index (χ2v) is 7.98. The molecule has 0 saturated carbocycles. The molecule has 0 aliphatic carbocycles. The molecule has 4 heterocycles. The molecule has 1 aromatic carbocycles. The Bertz CT molecular complexity index is 1190. The van der Waals surface area contributed by atoms with Crippen molar-refractivity contribution in [3.8, 4) is 11.5 Å². The van der Waals surface area contributed by atoms with Gasteiger partial charge in [-0.3, -0.25) is 4.79 Å². The van der Waals surface area contributed by atoms with Crippen molar-refractivity contribution in [2.45, 2.75) is 38.3 Å². The van der Waals surface area contributed by atoms with E-state index in [9.17, 15) is 18.0 Å². The number of halogens is 3. The summed E-state index contributed by atoms with van der Waals surface area (Å²) >= 11 is 0. The largest absolute Gasteiger partial charge is 0.454 e. The molecule has 0 unspecified atom stereocenters. The summed E-state index contributed by atoms with van der Waals surface area (Å²) in [5.41, 5.74) is 0.693. The highest BCUT2D eigenvalue weighted by molar-refractivity contribution is 5.95. The number of benzene rings is 1. The highest BCUT2D eigenvalue weighted by Gasteiger charge is 2.36. The Labute approximate surface area is 181 Å². The zero-order chi connectivity index (χ0) is 22.5. The molecule has 0 radical (unpaired) electrons. The number of ether oxygens (including phenoxy) is 2. The number of likely N-dealkylation sites (tertiary alicyclic amines) is 1. The van der Waals surface area contributed by atoms with E-state index < -0.39 is 11.9 Å². The second-order valence-electron chi connectivity index (χ2n) is 7.98. The summed E-state index contributed by atoms with van der Waals surface area (Å²) in [5, 5.41) is 4.25. The molecule has 1 atom stereocenters. The first-order valence-corrected chi connectivity index (χ1v) is 10.5. The van der Waals surface area contributed by atoms with Crippen LogP contribution in [-0.4, -0.2) is 45.3 Å². The molecule has 3 aromatic rings. The molecule has 2 aliphatic heterocycles. The van der Waals surface area contributed by atoms with Crippen molar-refractivity contribution in [1.82, 2.24) is 19.5 Å². The van der Waals surface area contributed by atoms with Gasteiger partial charge in [-0.25, -0.2) is 9.50 Å². The molecule has 1 amide bonds. The smallest absolute Gasteiger partial charge is 0.433 e. The van der Waals surface area contributed by atoms with E-state index in [4.69, 9.17) is 9.47 Å². The third kappa shape index (κ3) is 3.63. The number of piperidine rings is 1. The van der Waals surface area contributed by atoms with E-state index in [1.807, 2.05) is 0 Å². The van der Waals surface area contributed by atoms with Crippen molar-refractivity contribution in [3.05, 3.63) is 53.0 Å². The minimum Gasteiger partial charge on any atom is -0.454 e. The zero-order valence-electron chi connectivity index (χ0n) is 17.4. The Morgan fingerprint density at radius 1 is 1.19 bits per heavy atom. The number of fused-ring (bicyclic) bond motifs is 2. The van der Waals surface area contributed by atoms with Gasteiger partial charge in [0, 0.05) is 36.3 Å². The minimum absolute atomic E-state index is 0.125. The van der Waals surface area contributed by atoms with Gasteiger partial charge in [0.25, 0.3) is 5.91 Å². The summed E-state index contributed by atoms with van der Waals surface area (Å²) < 4.78 is 52.2. The van der Waals surface area contributed by atoms with E-state index in [0.717, 1.165) is 23.4 Å². The quantitative estimate of drug-likeness (QED) is 0.607. The fourth-order valence-electron chi connectivity index (χ4n) is 4.24. The Morgan fingerprint density at radius 2 is 2.00 bits per heavy atom. The van der Waals surface area contributed by atoms with Crippen LogP contribution < -0.4 is 9.47 Å². The molecule has 168 valence electrons. The maximum absolute atomic E-state index is 13.6. The average molecular weight is 446 g/mol. The first kappa shape index (κ1) is 20.6. The van der Waals surface area contributed by atoms with Crippen LogP contribution in [0.25, 0.3) is 5.65 Å². The number of carbonyl (C=O) groups excluding carboxylic acids is 1. The summed E-state index contributed by atoms with van der Waals surface area (Å²) in [7, 11) is 0. The van der Waals surface area contributed by atoms with Crippen molar-refractivity contribution in [1.29, 1.82) is 0 Å². The van der Waals surface area contributed by atoms with Gasteiger partial charge in [0.05, 0.1) is 5.69 Å². The number of hydrogen-bond donors (Lipinski definition) is 0. The molecule has 1 fully saturated rings. The molecule has 0 spiro atoms. The SMILES string of the molecule is CCc1cc(C(F)(F)F)n2nc([C@H]3CCCN(C(=O)c4ccc5c(c4)OCO5)C3)cc2n1. The van der Waals surface area contributed by atoms with Gasteiger partial charge in [-0.2, -0.15) is 18.3 Å². The number of nitrogens with zero attached hydrogens (tertiary/aromatic N) is 4. The molecule has 2 aromatic heterocycles. The summed E-state index contributed by atoms with van der Waals surface area (Å²) in [6.45, 7) is 2.83. The minimum atomic E-state index is -4.54. The van der Waals surface area contributed by atoms with Crippen molar-refractivity contribution in [2.24, 2.45) is 0 Å². The van der Waals surface area contributed by atoms with E-state index in [1.165, 1.54) is 0 Å². The summed E-state index contributed by atoms with van der Waals surface area (Å²) in [4.78, 5) is 19.1. The van der Waals surface area contributed by atoms with Crippen molar-refractivity contribution in [3.63, 3.8) is 0 Å². The Kier molecular flexibility index (Phi) is 4.94. The van der Waals surface area contributed by atoms with Crippen LogP contribution in [0.3, 0.4) is 0 Å². The van der Waals surface area contributed by atoms with Gasteiger partial charge in [0.1, 0.15) is 5.69 Å². The molecular formula is C22H21F3N4O3. The van der Waals surface area contributed by atoms with Gasteiger partial charge in [-0.05, 0) is 43.5 Å². The first-order chi connectivity index (χ1) is 15.3. The van der Waals surface area contributed by atoms with Crippen LogP contribution in [0, 0.1) is 0 Å². The predicted octanol–water partition coefficient (Wildman–Crippen LogP) is 4.06. The number of amides is 1. The Hall–Kier alpha value is -3.30. The number of alkyl halides is 3.